The number of carbonyl (C=O) groups is 2. The van der Waals surface area contributed by atoms with E-state index in [1.165, 1.54) is 22.1 Å². The normalized spacial score (nSPS) is 19.1. The summed E-state index contributed by atoms with van der Waals surface area (Å²) < 4.78 is 13.8. The summed E-state index contributed by atoms with van der Waals surface area (Å²) in [7, 11) is 0. The first kappa shape index (κ1) is 20.5. The van der Waals surface area contributed by atoms with Crippen LogP contribution in [0.15, 0.2) is 42.5 Å². The second kappa shape index (κ2) is 8.96. The first-order valence-corrected chi connectivity index (χ1v) is 10.6. The van der Waals surface area contributed by atoms with E-state index in [4.69, 9.17) is 0 Å². The molecule has 1 N–H and O–H groups in total. The van der Waals surface area contributed by atoms with Crippen molar-refractivity contribution in [2.24, 2.45) is 5.92 Å². The number of amides is 2. The van der Waals surface area contributed by atoms with Crippen molar-refractivity contribution in [1.82, 2.24) is 10.2 Å². The minimum Gasteiger partial charge on any atom is -0.356 e. The van der Waals surface area contributed by atoms with Crippen molar-refractivity contribution in [3.05, 3.63) is 65.0 Å². The molecule has 2 amide bonds. The lowest BCUT2D eigenvalue weighted by molar-refractivity contribution is -0.126. The standard InChI is InChI=1S/C24H28FN3O2/c1-17-7-8-21(14-22(17)25)28-16-20(13-23(28)29)24(30)26-10-4-11-27-12-9-18-5-2-3-6-19(18)15-27/h2-3,5-8,14,20H,4,9-13,15-16H2,1H3,(H,26,30)/t20-/m1/s1. The molecule has 1 atom stereocenters. The van der Waals surface area contributed by atoms with Crippen LogP contribution in [0, 0.1) is 18.7 Å². The molecule has 0 radical (unpaired) electrons. The zero-order valence-electron chi connectivity index (χ0n) is 17.4. The molecule has 2 aliphatic rings. The molecule has 0 unspecified atom stereocenters. The van der Waals surface area contributed by atoms with Crippen molar-refractivity contribution < 1.29 is 14.0 Å². The number of hydrogen-bond acceptors (Lipinski definition) is 3. The lowest BCUT2D eigenvalue weighted by Crippen LogP contribution is -2.36. The van der Waals surface area contributed by atoms with Gasteiger partial charge in [0.2, 0.25) is 11.8 Å². The molecular formula is C24H28FN3O2. The van der Waals surface area contributed by atoms with E-state index in [1.54, 1.807) is 19.1 Å². The second-order valence-electron chi connectivity index (χ2n) is 8.28. The third-order valence-electron chi connectivity index (χ3n) is 6.12. The van der Waals surface area contributed by atoms with E-state index < -0.39 is 0 Å². The molecule has 158 valence electrons. The first-order valence-electron chi connectivity index (χ1n) is 10.6. The fraction of sp³-hybridized carbons (Fsp3) is 0.417. The number of halogens is 1. The number of hydrogen-bond donors (Lipinski definition) is 1. The Morgan fingerprint density at radius 1 is 1.20 bits per heavy atom. The molecule has 2 aromatic rings. The van der Waals surface area contributed by atoms with Crippen LogP contribution in [0.3, 0.4) is 0 Å². The number of fused-ring (bicyclic) bond motifs is 1. The summed E-state index contributed by atoms with van der Waals surface area (Å²) in [6, 6.07) is 13.3. The van der Waals surface area contributed by atoms with E-state index >= 15 is 0 Å². The van der Waals surface area contributed by atoms with Gasteiger partial charge in [-0.15, -0.1) is 0 Å². The molecule has 0 bridgehead atoms. The highest BCUT2D eigenvalue weighted by molar-refractivity contribution is 6.00. The number of benzene rings is 2. The Labute approximate surface area is 176 Å². The molecule has 1 fully saturated rings. The van der Waals surface area contributed by atoms with Gasteiger partial charge in [-0.25, -0.2) is 4.39 Å². The van der Waals surface area contributed by atoms with E-state index in [9.17, 15) is 14.0 Å². The fourth-order valence-corrected chi connectivity index (χ4v) is 4.29. The number of anilines is 1. The van der Waals surface area contributed by atoms with Gasteiger partial charge in [0.15, 0.2) is 0 Å². The number of nitrogens with zero attached hydrogens (tertiary/aromatic N) is 2. The average Bonchev–Trinajstić information content (AvgIpc) is 3.14. The minimum atomic E-state index is -0.385. The van der Waals surface area contributed by atoms with Crippen molar-refractivity contribution in [3.8, 4) is 0 Å². The Balaban J connectivity index is 1.22. The van der Waals surface area contributed by atoms with Gasteiger partial charge in [-0.1, -0.05) is 30.3 Å². The largest absolute Gasteiger partial charge is 0.356 e. The maximum Gasteiger partial charge on any atom is 0.227 e. The SMILES string of the molecule is Cc1ccc(N2C[C@H](C(=O)NCCCN3CCc4ccccc4C3)CC2=O)cc1F. The predicted molar refractivity (Wildman–Crippen MR) is 115 cm³/mol. The number of aryl methyl sites for hydroxylation is 1. The third kappa shape index (κ3) is 4.54. The molecule has 1 saturated heterocycles. The van der Waals surface area contributed by atoms with Crippen LogP contribution >= 0.6 is 0 Å². The van der Waals surface area contributed by atoms with E-state index in [2.05, 4.69) is 34.5 Å². The minimum absolute atomic E-state index is 0.0950. The summed E-state index contributed by atoms with van der Waals surface area (Å²) in [5.74, 6) is -0.954. The number of nitrogens with one attached hydrogen (secondary N) is 1. The Morgan fingerprint density at radius 3 is 2.80 bits per heavy atom. The van der Waals surface area contributed by atoms with Crippen molar-refractivity contribution in [1.29, 1.82) is 0 Å². The average molecular weight is 410 g/mol. The highest BCUT2D eigenvalue weighted by atomic mass is 19.1. The summed E-state index contributed by atoms with van der Waals surface area (Å²) in [5.41, 5.74) is 3.89. The van der Waals surface area contributed by atoms with Crippen molar-refractivity contribution >= 4 is 17.5 Å². The van der Waals surface area contributed by atoms with E-state index in [0.29, 0.717) is 24.3 Å². The van der Waals surface area contributed by atoms with E-state index in [-0.39, 0.29) is 30.0 Å². The Hall–Kier alpha value is -2.73. The summed E-state index contributed by atoms with van der Waals surface area (Å²) in [5, 5.41) is 2.98. The second-order valence-corrected chi connectivity index (χ2v) is 8.28. The van der Waals surface area contributed by atoms with Crippen molar-refractivity contribution in [2.45, 2.75) is 32.7 Å². The fourth-order valence-electron chi connectivity index (χ4n) is 4.29. The topological polar surface area (TPSA) is 52.7 Å². The van der Waals surface area contributed by atoms with Crippen LogP contribution < -0.4 is 10.2 Å². The quantitative estimate of drug-likeness (QED) is 0.746. The maximum atomic E-state index is 13.8. The summed E-state index contributed by atoms with van der Waals surface area (Å²) in [6.45, 7) is 5.53. The maximum absolute atomic E-state index is 13.8. The van der Waals surface area contributed by atoms with Crippen molar-refractivity contribution in [3.63, 3.8) is 0 Å². The van der Waals surface area contributed by atoms with E-state index in [1.807, 2.05) is 0 Å². The molecule has 2 aliphatic heterocycles. The predicted octanol–water partition coefficient (Wildman–Crippen LogP) is 3.05. The van der Waals surface area contributed by atoms with Crippen LogP contribution in [-0.4, -0.2) is 42.9 Å². The van der Waals surface area contributed by atoms with Gasteiger partial charge in [0.05, 0.1) is 5.92 Å². The lowest BCUT2D eigenvalue weighted by Gasteiger charge is -2.28. The number of carbonyl (C=O) groups excluding carboxylic acids is 2. The summed E-state index contributed by atoms with van der Waals surface area (Å²) in [6.07, 6.45) is 2.12. The Kier molecular flexibility index (Phi) is 6.13. The number of rotatable bonds is 6. The van der Waals surface area contributed by atoms with Crippen LogP contribution in [0.25, 0.3) is 0 Å². The highest BCUT2D eigenvalue weighted by Crippen LogP contribution is 2.26. The lowest BCUT2D eigenvalue weighted by atomic mass is 10.00. The molecule has 4 rings (SSSR count). The van der Waals surface area contributed by atoms with Gasteiger partial charge in [-0.2, -0.15) is 0 Å². The van der Waals surface area contributed by atoms with Gasteiger partial charge in [0.1, 0.15) is 5.82 Å². The van der Waals surface area contributed by atoms with Crippen molar-refractivity contribution in [2.75, 3.05) is 31.1 Å². The molecular weight excluding hydrogens is 381 g/mol. The first-order chi connectivity index (χ1) is 14.5. The van der Waals surface area contributed by atoms with Crippen LogP contribution in [0.1, 0.15) is 29.5 Å². The molecule has 5 nitrogen and oxygen atoms in total. The van der Waals surface area contributed by atoms with Gasteiger partial charge in [-0.05, 0) is 48.6 Å². The summed E-state index contributed by atoms with van der Waals surface area (Å²) in [4.78, 5) is 28.8. The molecule has 2 heterocycles. The van der Waals surface area contributed by atoms with Gasteiger partial charge in [0.25, 0.3) is 0 Å². The molecule has 30 heavy (non-hydrogen) atoms. The molecule has 0 aromatic heterocycles. The third-order valence-corrected chi connectivity index (χ3v) is 6.12. The summed E-state index contributed by atoms with van der Waals surface area (Å²) >= 11 is 0. The molecule has 0 spiro atoms. The molecule has 2 aromatic carbocycles. The van der Waals surface area contributed by atoms with Crippen LogP contribution in [0.2, 0.25) is 0 Å². The van der Waals surface area contributed by atoms with Crippen LogP contribution in [0.5, 0.6) is 0 Å². The van der Waals surface area contributed by atoms with E-state index in [0.717, 1.165) is 32.5 Å². The molecule has 0 saturated carbocycles. The van der Waals surface area contributed by atoms with Crippen LogP contribution in [0.4, 0.5) is 10.1 Å². The van der Waals surface area contributed by atoms with Gasteiger partial charge in [0, 0.05) is 44.8 Å². The molecule has 0 aliphatic carbocycles. The van der Waals surface area contributed by atoms with Gasteiger partial charge in [-0.3, -0.25) is 14.5 Å². The van der Waals surface area contributed by atoms with Gasteiger partial charge < -0.3 is 10.2 Å². The Morgan fingerprint density at radius 2 is 2.00 bits per heavy atom. The molecule has 6 heteroatoms. The van der Waals surface area contributed by atoms with Gasteiger partial charge >= 0.3 is 0 Å². The smallest absolute Gasteiger partial charge is 0.227 e. The monoisotopic (exact) mass is 409 g/mol. The Bertz CT molecular complexity index is 946. The zero-order chi connectivity index (χ0) is 21.1. The highest BCUT2D eigenvalue weighted by Gasteiger charge is 2.35. The van der Waals surface area contributed by atoms with Crippen LogP contribution in [-0.2, 0) is 22.6 Å². The zero-order valence-corrected chi connectivity index (χ0v) is 17.4.